The number of hydrogen-bond donors (Lipinski definition) is 2. The van der Waals surface area contributed by atoms with E-state index in [0.29, 0.717) is 0 Å². The normalized spacial score (nSPS) is 18.2. The van der Waals surface area contributed by atoms with Crippen molar-refractivity contribution < 1.29 is 19.1 Å². The van der Waals surface area contributed by atoms with Crippen molar-refractivity contribution in [3.05, 3.63) is 0 Å². The van der Waals surface area contributed by atoms with Gasteiger partial charge in [-0.25, -0.2) is 4.79 Å². The van der Waals surface area contributed by atoms with Gasteiger partial charge in [0.1, 0.15) is 5.60 Å². The average molecular weight is 271 g/mol. The van der Waals surface area contributed by atoms with E-state index < -0.39 is 17.7 Å². The quantitative estimate of drug-likeness (QED) is 0.697. The number of alkyl carbamates (subject to hydrolysis) is 1. The van der Waals surface area contributed by atoms with Gasteiger partial charge in [-0.15, -0.1) is 0 Å². The second-order valence-electron chi connectivity index (χ2n) is 5.49. The first kappa shape index (κ1) is 15.4. The maximum atomic E-state index is 11.6. The Balaban J connectivity index is 2.46. The lowest BCUT2D eigenvalue weighted by atomic mass is 10.2. The van der Waals surface area contributed by atoms with Crippen molar-refractivity contribution in [2.45, 2.75) is 39.3 Å². The second kappa shape index (κ2) is 6.01. The minimum absolute atomic E-state index is 0.141. The van der Waals surface area contributed by atoms with Crippen LogP contribution in [0.1, 0.15) is 27.7 Å². The van der Waals surface area contributed by atoms with Crippen LogP contribution >= 0.6 is 0 Å². The molecule has 1 saturated heterocycles. The van der Waals surface area contributed by atoms with Crippen molar-refractivity contribution in [3.8, 4) is 0 Å². The van der Waals surface area contributed by atoms with E-state index in [4.69, 9.17) is 4.74 Å². The van der Waals surface area contributed by atoms with Gasteiger partial charge in [0.05, 0.1) is 19.1 Å². The molecule has 3 amide bonds. The number of hydrogen-bond acceptors (Lipinski definition) is 5. The molecule has 1 heterocycles. The average Bonchev–Trinajstić information content (AvgIpc) is 2.23. The Morgan fingerprint density at radius 2 is 1.89 bits per heavy atom. The SMILES string of the molecule is CC(CNC(=O)OC(C)(C)C)N1C(=O)CNCC1=O. The van der Waals surface area contributed by atoms with Gasteiger partial charge in [-0.05, 0) is 27.7 Å². The van der Waals surface area contributed by atoms with Crippen molar-refractivity contribution in [1.29, 1.82) is 0 Å². The first-order valence-electron chi connectivity index (χ1n) is 6.23. The van der Waals surface area contributed by atoms with Crippen molar-refractivity contribution >= 4 is 17.9 Å². The van der Waals surface area contributed by atoms with Crippen LogP contribution in [0.2, 0.25) is 0 Å². The summed E-state index contributed by atoms with van der Waals surface area (Å²) in [4.78, 5) is 35.9. The maximum Gasteiger partial charge on any atom is 0.407 e. The third-order valence-electron chi connectivity index (χ3n) is 2.47. The van der Waals surface area contributed by atoms with Crippen LogP contribution in [-0.2, 0) is 14.3 Å². The first-order chi connectivity index (χ1) is 8.70. The molecule has 1 atom stereocenters. The van der Waals surface area contributed by atoms with Gasteiger partial charge >= 0.3 is 6.09 Å². The molecule has 0 aromatic carbocycles. The Labute approximate surface area is 112 Å². The maximum absolute atomic E-state index is 11.6. The van der Waals surface area contributed by atoms with Gasteiger partial charge in [-0.2, -0.15) is 0 Å². The van der Waals surface area contributed by atoms with E-state index in [1.807, 2.05) is 0 Å². The van der Waals surface area contributed by atoms with Crippen LogP contribution in [0.25, 0.3) is 0 Å². The predicted octanol–water partition coefficient (Wildman–Crippen LogP) is -0.142. The number of ether oxygens (including phenoxy) is 1. The zero-order valence-electron chi connectivity index (χ0n) is 11.8. The van der Waals surface area contributed by atoms with E-state index >= 15 is 0 Å². The molecule has 0 aliphatic carbocycles. The van der Waals surface area contributed by atoms with E-state index in [1.165, 1.54) is 4.90 Å². The van der Waals surface area contributed by atoms with Gasteiger partial charge in [-0.3, -0.25) is 19.8 Å². The molecule has 0 spiro atoms. The molecule has 0 aromatic heterocycles. The molecule has 7 nitrogen and oxygen atoms in total. The highest BCUT2D eigenvalue weighted by Crippen LogP contribution is 2.07. The van der Waals surface area contributed by atoms with E-state index in [0.717, 1.165) is 0 Å². The topological polar surface area (TPSA) is 87.7 Å². The van der Waals surface area contributed by atoms with Crippen LogP contribution in [-0.4, -0.2) is 54.1 Å². The highest BCUT2D eigenvalue weighted by atomic mass is 16.6. The highest BCUT2D eigenvalue weighted by Gasteiger charge is 2.30. The van der Waals surface area contributed by atoms with Gasteiger partial charge in [0.15, 0.2) is 0 Å². The fourth-order valence-electron chi connectivity index (χ4n) is 1.71. The minimum atomic E-state index is -0.575. The van der Waals surface area contributed by atoms with Crippen LogP contribution in [0.5, 0.6) is 0 Å². The molecule has 7 heteroatoms. The van der Waals surface area contributed by atoms with E-state index in [9.17, 15) is 14.4 Å². The lowest BCUT2D eigenvalue weighted by Crippen LogP contribution is -2.57. The zero-order chi connectivity index (χ0) is 14.6. The Morgan fingerprint density at radius 3 is 2.37 bits per heavy atom. The van der Waals surface area contributed by atoms with E-state index in [2.05, 4.69) is 10.6 Å². The fourth-order valence-corrected chi connectivity index (χ4v) is 1.71. The summed E-state index contributed by atoms with van der Waals surface area (Å²) in [5, 5.41) is 5.26. The molecule has 2 N–H and O–H groups in total. The second-order valence-corrected chi connectivity index (χ2v) is 5.49. The number of nitrogens with zero attached hydrogens (tertiary/aromatic N) is 1. The lowest BCUT2D eigenvalue weighted by Gasteiger charge is -2.31. The number of carbonyl (C=O) groups is 3. The zero-order valence-corrected chi connectivity index (χ0v) is 11.8. The molecule has 0 aromatic rings. The first-order valence-corrected chi connectivity index (χ1v) is 6.23. The van der Waals surface area contributed by atoms with Crippen LogP contribution in [0, 0.1) is 0 Å². The van der Waals surface area contributed by atoms with E-state index in [-0.39, 0.29) is 31.4 Å². The van der Waals surface area contributed by atoms with Crippen LogP contribution in [0.15, 0.2) is 0 Å². The smallest absolute Gasteiger partial charge is 0.407 e. The Morgan fingerprint density at radius 1 is 1.37 bits per heavy atom. The number of nitrogens with one attached hydrogen (secondary N) is 2. The van der Waals surface area contributed by atoms with Gasteiger partial charge in [0.2, 0.25) is 11.8 Å². The van der Waals surface area contributed by atoms with Crippen LogP contribution < -0.4 is 10.6 Å². The monoisotopic (exact) mass is 271 g/mol. The van der Waals surface area contributed by atoms with Crippen LogP contribution in [0.4, 0.5) is 4.79 Å². The van der Waals surface area contributed by atoms with Gasteiger partial charge in [-0.1, -0.05) is 0 Å². The molecule has 0 bridgehead atoms. The molecule has 1 unspecified atom stereocenters. The van der Waals surface area contributed by atoms with Crippen molar-refractivity contribution in [2.24, 2.45) is 0 Å². The number of rotatable bonds is 3. The summed E-state index contributed by atoms with van der Waals surface area (Å²) >= 11 is 0. The van der Waals surface area contributed by atoms with Crippen LogP contribution in [0.3, 0.4) is 0 Å². The van der Waals surface area contributed by atoms with Crippen molar-refractivity contribution in [1.82, 2.24) is 15.5 Å². The molecule has 1 rings (SSSR count). The molecule has 1 fully saturated rings. The Kier molecular flexibility index (Phi) is 4.88. The van der Waals surface area contributed by atoms with Gasteiger partial charge in [0, 0.05) is 6.54 Å². The van der Waals surface area contributed by atoms with E-state index in [1.54, 1.807) is 27.7 Å². The Hall–Kier alpha value is -1.63. The summed E-state index contributed by atoms with van der Waals surface area (Å²) in [6.45, 7) is 7.45. The fraction of sp³-hybridized carbons (Fsp3) is 0.750. The third-order valence-corrected chi connectivity index (χ3v) is 2.47. The summed E-state index contributed by atoms with van der Waals surface area (Å²) in [5.41, 5.74) is -0.575. The standard InChI is InChI=1S/C12H21N3O4/c1-8(5-14-11(18)19-12(2,3)4)15-9(16)6-13-7-10(15)17/h8,13H,5-7H2,1-4H3,(H,14,18). The number of imide groups is 1. The summed E-state index contributed by atoms with van der Waals surface area (Å²) in [6, 6.07) is -0.394. The largest absolute Gasteiger partial charge is 0.444 e. The van der Waals surface area contributed by atoms with Crippen molar-refractivity contribution in [3.63, 3.8) is 0 Å². The highest BCUT2D eigenvalue weighted by molar-refractivity contribution is 5.99. The minimum Gasteiger partial charge on any atom is -0.444 e. The predicted molar refractivity (Wildman–Crippen MR) is 68.4 cm³/mol. The summed E-state index contributed by atoms with van der Waals surface area (Å²) in [5.74, 6) is -0.565. The molecular formula is C12H21N3O4. The molecule has 0 radical (unpaired) electrons. The number of amides is 3. The number of piperazine rings is 1. The molecule has 0 saturated carbocycles. The lowest BCUT2D eigenvalue weighted by molar-refractivity contribution is -0.148. The molecule has 1 aliphatic rings. The molecule has 1 aliphatic heterocycles. The molecule has 108 valence electrons. The summed E-state index contributed by atoms with van der Waals surface area (Å²) in [6.07, 6.45) is -0.561. The summed E-state index contributed by atoms with van der Waals surface area (Å²) < 4.78 is 5.08. The van der Waals surface area contributed by atoms with Gasteiger partial charge < -0.3 is 10.1 Å². The third kappa shape index (κ3) is 4.86. The van der Waals surface area contributed by atoms with Gasteiger partial charge in [0.25, 0.3) is 0 Å². The molecular weight excluding hydrogens is 250 g/mol. The number of carbonyl (C=O) groups excluding carboxylic acids is 3. The molecule has 19 heavy (non-hydrogen) atoms. The Bertz CT molecular complexity index is 360. The van der Waals surface area contributed by atoms with Crippen molar-refractivity contribution in [2.75, 3.05) is 19.6 Å². The summed E-state index contributed by atoms with van der Waals surface area (Å²) in [7, 11) is 0.